The van der Waals surface area contributed by atoms with Crippen LogP contribution in [0.25, 0.3) is 0 Å². The topological polar surface area (TPSA) is 29.1 Å². The molecular weight excluding hydrogens is 162 g/mol. The summed E-state index contributed by atoms with van der Waals surface area (Å²) in [5, 5.41) is 3.20. The Morgan fingerprint density at radius 1 is 1.38 bits per heavy atom. The van der Waals surface area contributed by atoms with Crippen molar-refractivity contribution in [1.29, 1.82) is 0 Å². The summed E-state index contributed by atoms with van der Waals surface area (Å²) in [4.78, 5) is 11.1. The average Bonchev–Trinajstić information content (AvgIpc) is 2.18. The van der Waals surface area contributed by atoms with Crippen LogP contribution in [0.2, 0.25) is 0 Å². The standard InChI is InChI=1S/C11H21NO/c1-3-11(8-9-12-2)6-4-10(13)5-7-11/h12H,3-9H2,1-2H3. The zero-order valence-electron chi connectivity index (χ0n) is 8.86. The highest BCUT2D eigenvalue weighted by Crippen LogP contribution is 2.40. The van der Waals surface area contributed by atoms with E-state index in [2.05, 4.69) is 12.2 Å². The van der Waals surface area contributed by atoms with Crippen LogP contribution in [0, 0.1) is 5.41 Å². The zero-order chi connectivity index (χ0) is 9.73. The lowest BCUT2D eigenvalue weighted by Gasteiger charge is -2.36. The van der Waals surface area contributed by atoms with Gasteiger partial charge in [-0.05, 0) is 38.3 Å². The minimum Gasteiger partial charge on any atom is -0.320 e. The highest BCUT2D eigenvalue weighted by molar-refractivity contribution is 5.79. The summed E-state index contributed by atoms with van der Waals surface area (Å²) in [5.41, 5.74) is 0.469. The fourth-order valence-electron chi connectivity index (χ4n) is 2.23. The molecule has 0 bridgehead atoms. The van der Waals surface area contributed by atoms with Crippen LogP contribution in [-0.4, -0.2) is 19.4 Å². The molecule has 0 spiro atoms. The van der Waals surface area contributed by atoms with Gasteiger partial charge in [-0.3, -0.25) is 4.79 Å². The van der Waals surface area contributed by atoms with Crippen LogP contribution < -0.4 is 5.32 Å². The first-order valence-corrected chi connectivity index (χ1v) is 5.39. The van der Waals surface area contributed by atoms with Crippen molar-refractivity contribution in [3.63, 3.8) is 0 Å². The Kier molecular flexibility index (Phi) is 3.91. The van der Waals surface area contributed by atoms with Crippen LogP contribution in [-0.2, 0) is 4.79 Å². The molecule has 1 N–H and O–H groups in total. The quantitative estimate of drug-likeness (QED) is 0.723. The molecule has 0 aromatic carbocycles. The van der Waals surface area contributed by atoms with Crippen molar-refractivity contribution >= 4 is 5.78 Å². The SMILES string of the molecule is CCC1(CCNC)CCC(=O)CC1. The molecule has 1 rings (SSSR count). The summed E-state index contributed by atoms with van der Waals surface area (Å²) in [5.74, 6) is 0.466. The molecule has 13 heavy (non-hydrogen) atoms. The van der Waals surface area contributed by atoms with Crippen molar-refractivity contribution in [2.45, 2.75) is 45.4 Å². The molecule has 2 nitrogen and oxygen atoms in total. The molecule has 1 aliphatic carbocycles. The molecule has 0 unspecified atom stereocenters. The zero-order valence-corrected chi connectivity index (χ0v) is 8.86. The van der Waals surface area contributed by atoms with Crippen molar-refractivity contribution in [1.82, 2.24) is 5.32 Å². The van der Waals surface area contributed by atoms with E-state index in [4.69, 9.17) is 0 Å². The van der Waals surface area contributed by atoms with E-state index >= 15 is 0 Å². The number of nitrogens with one attached hydrogen (secondary N) is 1. The molecular formula is C11H21NO. The van der Waals surface area contributed by atoms with Crippen LogP contribution in [0.4, 0.5) is 0 Å². The van der Waals surface area contributed by atoms with Gasteiger partial charge in [0.05, 0.1) is 0 Å². The molecule has 76 valence electrons. The number of Topliss-reactive ketones (excluding diaryl/α,β-unsaturated/α-hetero) is 1. The van der Waals surface area contributed by atoms with Crippen LogP contribution in [0.1, 0.15) is 45.4 Å². The van der Waals surface area contributed by atoms with Crippen molar-refractivity contribution < 1.29 is 4.79 Å². The minimum atomic E-state index is 0.466. The van der Waals surface area contributed by atoms with Crippen LogP contribution in [0.15, 0.2) is 0 Å². The van der Waals surface area contributed by atoms with Gasteiger partial charge in [-0.2, -0.15) is 0 Å². The van der Waals surface area contributed by atoms with Crippen molar-refractivity contribution in [2.24, 2.45) is 5.41 Å². The maximum atomic E-state index is 11.1. The third-order valence-corrected chi connectivity index (χ3v) is 3.52. The maximum Gasteiger partial charge on any atom is 0.132 e. The smallest absolute Gasteiger partial charge is 0.132 e. The number of carbonyl (C=O) groups excluding carboxylic acids is 1. The predicted octanol–water partition coefficient (Wildman–Crippen LogP) is 2.14. The maximum absolute atomic E-state index is 11.1. The summed E-state index contributed by atoms with van der Waals surface area (Å²) in [6, 6.07) is 0. The van der Waals surface area contributed by atoms with Gasteiger partial charge in [0.15, 0.2) is 0 Å². The first-order chi connectivity index (χ1) is 6.22. The van der Waals surface area contributed by atoms with E-state index in [0.29, 0.717) is 11.2 Å². The predicted molar refractivity (Wildman–Crippen MR) is 54.7 cm³/mol. The molecule has 0 atom stereocenters. The molecule has 0 aromatic rings. The third kappa shape index (κ3) is 2.80. The fraction of sp³-hybridized carbons (Fsp3) is 0.909. The molecule has 0 heterocycles. The Hall–Kier alpha value is -0.370. The van der Waals surface area contributed by atoms with Crippen molar-refractivity contribution in [2.75, 3.05) is 13.6 Å². The Labute approximate surface area is 81.1 Å². The largest absolute Gasteiger partial charge is 0.320 e. The monoisotopic (exact) mass is 183 g/mol. The van der Waals surface area contributed by atoms with Gasteiger partial charge in [0.1, 0.15) is 5.78 Å². The second-order valence-corrected chi connectivity index (χ2v) is 4.25. The van der Waals surface area contributed by atoms with E-state index in [-0.39, 0.29) is 0 Å². The van der Waals surface area contributed by atoms with Gasteiger partial charge in [0.2, 0.25) is 0 Å². The number of ketones is 1. The van der Waals surface area contributed by atoms with Crippen LogP contribution in [0.3, 0.4) is 0 Å². The summed E-state index contributed by atoms with van der Waals surface area (Å²) < 4.78 is 0. The molecule has 0 radical (unpaired) electrons. The van der Waals surface area contributed by atoms with Gasteiger partial charge in [-0.1, -0.05) is 13.3 Å². The van der Waals surface area contributed by atoms with Gasteiger partial charge in [-0.25, -0.2) is 0 Å². The first-order valence-electron chi connectivity index (χ1n) is 5.39. The number of carbonyl (C=O) groups is 1. The minimum absolute atomic E-state index is 0.466. The number of rotatable bonds is 4. The molecule has 1 saturated carbocycles. The molecule has 1 aliphatic rings. The van der Waals surface area contributed by atoms with E-state index in [1.54, 1.807) is 0 Å². The second-order valence-electron chi connectivity index (χ2n) is 4.25. The molecule has 0 aliphatic heterocycles. The summed E-state index contributed by atoms with van der Waals surface area (Å²) in [7, 11) is 2.00. The first kappa shape index (κ1) is 10.7. The van der Waals surface area contributed by atoms with E-state index in [1.807, 2.05) is 7.05 Å². The Bertz CT molecular complexity index is 167. The Morgan fingerprint density at radius 3 is 2.46 bits per heavy atom. The lowest BCUT2D eigenvalue weighted by molar-refractivity contribution is -0.122. The number of hydrogen-bond donors (Lipinski definition) is 1. The fourth-order valence-corrected chi connectivity index (χ4v) is 2.23. The van der Waals surface area contributed by atoms with Gasteiger partial charge in [-0.15, -0.1) is 0 Å². The number of hydrogen-bond acceptors (Lipinski definition) is 2. The van der Waals surface area contributed by atoms with E-state index < -0.39 is 0 Å². The van der Waals surface area contributed by atoms with Gasteiger partial charge < -0.3 is 5.32 Å². The molecule has 1 fully saturated rings. The lowest BCUT2D eigenvalue weighted by atomic mass is 9.70. The molecule has 0 saturated heterocycles. The molecule has 2 heteroatoms. The molecule has 0 amide bonds. The van der Waals surface area contributed by atoms with Crippen molar-refractivity contribution in [3.05, 3.63) is 0 Å². The summed E-state index contributed by atoms with van der Waals surface area (Å²) in [6.07, 6.45) is 6.32. The van der Waals surface area contributed by atoms with Gasteiger partial charge >= 0.3 is 0 Å². The Morgan fingerprint density at radius 2 is 2.00 bits per heavy atom. The van der Waals surface area contributed by atoms with Crippen LogP contribution >= 0.6 is 0 Å². The van der Waals surface area contributed by atoms with E-state index in [9.17, 15) is 4.79 Å². The second kappa shape index (κ2) is 4.75. The van der Waals surface area contributed by atoms with Gasteiger partial charge in [0.25, 0.3) is 0 Å². The van der Waals surface area contributed by atoms with Gasteiger partial charge in [0, 0.05) is 12.8 Å². The highest BCUT2D eigenvalue weighted by Gasteiger charge is 2.32. The van der Waals surface area contributed by atoms with Crippen molar-refractivity contribution in [3.8, 4) is 0 Å². The summed E-state index contributed by atoms with van der Waals surface area (Å²) >= 11 is 0. The lowest BCUT2D eigenvalue weighted by Crippen LogP contribution is -2.30. The van der Waals surface area contributed by atoms with E-state index in [1.165, 1.54) is 12.8 Å². The van der Waals surface area contributed by atoms with E-state index in [0.717, 1.165) is 32.2 Å². The molecule has 0 aromatic heterocycles. The highest BCUT2D eigenvalue weighted by atomic mass is 16.1. The average molecular weight is 183 g/mol. The Balaban J connectivity index is 2.44. The third-order valence-electron chi connectivity index (χ3n) is 3.52. The summed E-state index contributed by atoms with van der Waals surface area (Å²) in [6.45, 7) is 3.34. The van der Waals surface area contributed by atoms with Crippen LogP contribution in [0.5, 0.6) is 0 Å². The normalized spacial score (nSPS) is 21.8.